The van der Waals surface area contributed by atoms with E-state index in [-0.39, 0.29) is 5.69 Å². The third kappa shape index (κ3) is 2.64. The van der Waals surface area contributed by atoms with Crippen LogP contribution in [0, 0.1) is 0 Å². The van der Waals surface area contributed by atoms with Gasteiger partial charge in [0.2, 0.25) is 0 Å². The Kier molecular flexibility index (Phi) is 3.38. The molecule has 2 aromatic heterocycles. The van der Waals surface area contributed by atoms with Crippen LogP contribution in [-0.4, -0.2) is 36.8 Å². The zero-order valence-corrected chi connectivity index (χ0v) is 11.1. The number of hydrogen-bond acceptors (Lipinski definition) is 6. The smallest absolute Gasteiger partial charge is 0.358 e. The zero-order chi connectivity index (χ0) is 13.9. The summed E-state index contributed by atoms with van der Waals surface area (Å²) in [6.45, 7) is 0.531. The maximum atomic E-state index is 10.7. The van der Waals surface area contributed by atoms with E-state index in [0.29, 0.717) is 17.5 Å². The largest absolute Gasteiger partial charge is 0.476 e. The number of oxazole rings is 1. The molecule has 0 saturated carbocycles. The first kappa shape index (κ1) is 12.7. The SMILES string of the molecule is O=C(O)c1cn(CCSc2nc3ccccc3o2)nn1. The number of carboxylic acids is 1. The number of benzene rings is 1. The lowest BCUT2D eigenvalue weighted by Gasteiger charge is -1.96. The summed E-state index contributed by atoms with van der Waals surface area (Å²) in [5.74, 6) is -0.419. The number of nitrogens with zero attached hydrogens (tertiary/aromatic N) is 4. The molecule has 0 atom stereocenters. The molecule has 102 valence electrons. The number of thioether (sulfide) groups is 1. The van der Waals surface area contributed by atoms with Crippen molar-refractivity contribution in [1.29, 1.82) is 0 Å². The van der Waals surface area contributed by atoms with Gasteiger partial charge in [0.15, 0.2) is 11.3 Å². The summed E-state index contributed by atoms with van der Waals surface area (Å²) in [5.41, 5.74) is 1.52. The first-order valence-corrected chi connectivity index (χ1v) is 6.83. The quantitative estimate of drug-likeness (QED) is 0.717. The van der Waals surface area contributed by atoms with E-state index < -0.39 is 5.97 Å². The highest BCUT2D eigenvalue weighted by Crippen LogP contribution is 2.23. The van der Waals surface area contributed by atoms with Gasteiger partial charge in [-0.05, 0) is 12.1 Å². The van der Waals surface area contributed by atoms with E-state index in [2.05, 4.69) is 15.3 Å². The number of rotatable bonds is 5. The van der Waals surface area contributed by atoms with Crippen molar-refractivity contribution in [3.63, 3.8) is 0 Å². The molecule has 0 spiro atoms. The van der Waals surface area contributed by atoms with E-state index in [0.717, 1.165) is 11.1 Å². The van der Waals surface area contributed by atoms with Crippen LogP contribution in [0.15, 0.2) is 40.1 Å². The van der Waals surface area contributed by atoms with Gasteiger partial charge in [-0.25, -0.2) is 9.78 Å². The Morgan fingerprint density at radius 1 is 1.40 bits per heavy atom. The Morgan fingerprint density at radius 3 is 3.00 bits per heavy atom. The molecule has 7 nitrogen and oxygen atoms in total. The number of carboxylic acid groups (broad SMARTS) is 1. The summed E-state index contributed by atoms with van der Waals surface area (Å²) in [6, 6.07) is 7.55. The lowest BCUT2D eigenvalue weighted by molar-refractivity contribution is 0.0690. The van der Waals surface area contributed by atoms with E-state index in [4.69, 9.17) is 9.52 Å². The van der Waals surface area contributed by atoms with Gasteiger partial charge in [0, 0.05) is 5.75 Å². The van der Waals surface area contributed by atoms with Crippen LogP contribution in [0.4, 0.5) is 0 Å². The van der Waals surface area contributed by atoms with Crippen molar-refractivity contribution in [3.05, 3.63) is 36.2 Å². The Balaban J connectivity index is 1.60. The van der Waals surface area contributed by atoms with Gasteiger partial charge in [-0.15, -0.1) is 5.10 Å². The van der Waals surface area contributed by atoms with Gasteiger partial charge in [0.05, 0.1) is 12.7 Å². The molecular formula is C12H10N4O3S. The lowest BCUT2D eigenvalue weighted by Crippen LogP contribution is -2.01. The Labute approximate surface area is 117 Å². The number of para-hydroxylation sites is 2. The average Bonchev–Trinajstić information content (AvgIpc) is 3.04. The number of aryl methyl sites for hydroxylation is 1. The number of aromatic carboxylic acids is 1. The second-order valence-corrected chi connectivity index (χ2v) is 5.01. The maximum Gasteiger partial charge on any atom is 0.358 e. The highest BCUT2D eigenvalue weighted by molar-refractivity contribution is 7.99. The van der Waals surface area contributed by atoms with E-state index in [1.165, 1.54) is 22.6 Å². The van der Waals surface area contributed by atoms with E-state index in [1.807, 2.05) is 24.3 Å². The van der Waals surface area contributed by atoms with E-state index in [9.17, 15) is 4.79 Å². The molecule has 0 amide bonds. The Morgan fingerprint density at radius 2 is 2.25 bits per heavy atom. The van der Waals surface area contributed by atoms with Crippen molar-refractivity contribution in [2.24, 2.45) is 0 Å². The van der Waals surface area contributed by atoms with Crippen LogP contribution in [0.25, 0.3) is 11.1 Å². The van der Waals surface area contributed by atoms with Crippen LogP contribution >= 0.6 is 11.8 Å². The van der Waals surface area contributed by atoms with Crippen LogP contribution < -0.4 is 0 Å². The standard InChI is InChI=1S/C12H10N4O3S/c17-11(18)9-7-16(15-14-9)5-6-20-12-13-8-3-1-2-4-10(8)19-12/h1-4,7H,5-6H2,(H,17,18). The fourth-order valence-corrected chi connectivity index (χ4v) is 2.41. The molecule has 0 unspecified atom stereocenters. The van der Waals surface area contributed by atoms with Crippen LogP contribution in [0.2, 0.25) is 0 Å². The third-order valence-electron chi connectivity index (χ3n) is 2.58. The average molecular weight is 290 g/mol. The highest BCUT2D eigenvalue weighted by atomic mass is 32.2. The van der Waals surface area contributed by atoms with Crippen LogP contribution in [0.3, 0.4) is 0 Å². The Hall–Kier alpha value is -2.35. The molecule has 0 saturated heterocycles. The molecule has 0 aliphatic heterocycles. The molecule has 0 aliphatic carbocycles. The molecule has 0 radical (unpaired) electrons. The molecule has 8 heteroatoms. The number of hydrogen-bond donors (Lipinski definition) is 1. The van der Waals surface area contributed by atoms with Crippen molar-refractivity contribution in [2.45, 2.75) is 11.8 Å². The summed E-state index contributed by atoms with van der Waals surface area (Å²) in [4.78, 5) is 15.0. The van der Waals surface area contributed by atoms with Gasteiger partial charge < -0.3 is 9.52 Å². The summed E-state index contributed by atoms with van der Waals surface area (Å²) < 4.78 is 7.05. The highest BCUT2D eigenvalue weighted by Gasteiger charge is 2.09. The predicted molar refractivity (Wildman–Crippen MR) is 71.7 cm³/mol. The van der Waals surface area contributed by atoms with E-state index >= 15 is 0 Å². The van der Waals surface area contributed by atoms with Crippen molar-refractivity contribution < 1.29 is 14.3 Å². The van der Waals surface area contributed by atoms with Gasteiger partial charge in [-0.2, -0.15) is 0 Å². The molecule has 1 aromatic carbocycles. The fourth-order valence-electron chi connectivity index (χ4n) is 1.64. The minimum absolute atomic E-state index is 0.0585. The molecule has 1 N–H and O–H groups in total. The van der Waals surface area contributed by atoms with Crippen molar-refractivity contribution in [1.82, 2.24) is 20.0 Å². The van der Waals surface area contributed by atoms with E-state index in [1.54, 1.807) is 0 Å². The second kappa shape index (κ2) is 5.33. The molecule has 20 heavy (non-hydrogen) atoms. The molecule has 3 rings (SSSR count). The first-order valence-electron chi connectivity index (χ1n) is 5.84. The van der Waals surface area contributed by atoms with Crippen molar-refractivity contribution in [2.75, 3.05) is 5.75 Å². The molecule has 0 bridgehead atoms. The first-order chi connectivity index (χ1) is 9.72. The van der Waals surface area contributed by atoms with Gasteiger partial charge in [0.1, 0.15) is 5.52 Å². The maximum absolute atomic E-state index is 10.7. The summed E-state index contributed by atoms with van der Waals surface area (Å²) in [7, 11) is 0. The molecule has 0 aliphatic rings. The molecule has 0 fully saturated rings. The minimum atomic E-state index is -1.08. The minimum Gasteiger partial charge on any atom is -0.476 e. The van der Waals surface area contributed by atoms with Crippen molar-refractivity contribution >= 4 is 28.8 Å². The number of aromatic nitrogens is 4. The van der Waals surface area contributed by atoms with Crippen LogP contribution in [-0.2, 0) is 6.54 Å². The molecule has 2 heterocycles. The van der Waals surface area contributed by atoms with Crippen LogP contribution in [0.5, 0.6) is 0 Å². The van der Waals surface area contributed by atoms with Crippen molar-refractivity contribution in [3.8, 4) is 0 Å². The fraction of sp³-hybridized carbons (Fsp3) is 0.167. The topological polar surface area (TPSA) is 94.0 Å². The third-order valence-corrected chi connectivity index (χ3v) is 3.39. The normalized spacial score (nSPS) is 11.0. The van der Waals surface area contributed by atoms with Gasteiger partial charge in [-0.1, -0.05) is 29.1 Å². The monoisotopic (exact) mass is 290 g/mol. The summed E-state index contributed by atoms with van der Waals surface area (Å²) >= 11 is 1.44. The van der Waals surface area contributed by atoms with Gasteiger partial charge in [-0.3, -0.25) is 4.68 Å². The summed E-state index contributed by atoms with van der Waals surface area (Å²) in [6.07, 6.45) is 1.40. The van der Waals surface area contributed by atoms with Crippen LogP contribution in [0.1, 0.15) is 10.5 Å². The van der Waals surface area contributed by atoms with Gasteiger partial charge >= 0.3 is 5.97 Å². The molecular weight excluding hydrogens is 280 g/mol. The molecule has 3 aromatic rings. The van der Waals surface area contributed by atoms with Gasteiger partial charge in [0.25, 0.3) is 5.22 Å². The second-order valence-electron chi connectivity index (χ2n) is 3.97. The Bertz CT molecular complexity index is 719. The number of carbonyl (C=O) groups is 1. The summed E-state index contributed by atoms with van der Waals surface area (Å²) in [5, 5.41) is 16.6. The lowest BCUT2D eigenvalue weighted by atomic mass is 10.3. The zero-order valence-electron chi connectivity index (χ0n) is 10.3. The predicted octanol–water partition coefficient (Wildman–Crippen LogP) is 1.91. The number of fused-ring (bicyclic) bond motifs is 1.